The van der Waals surface area contributed by atoms with Crippen LogP contribution in [-0.2, 0) is 4.79 Å². The summed E-state index contributed by atoms with van der Waals surface area (Å²) in [5, 5.41) is 6.33. The van der Waals surface area contributed by atoms with Gasteiger partial charge >= 0.3 is 0 Å². The van der Waals surface area contributed by atoms with E-state index in [9.17, 15) is 4.79 Å². The van der Waals surface area contributed by atoms with Gasteiger partial charge in [-0.25, -0.2) is 0 Å². The lowest BCUT2D eigenvalue weighted by atomic mass is 9.88. The van der Waals surface area contributed by atoms with Crippen molar-refractivity contribution in [3.8, 4) is 0 Å². The molecule has 0 aromatic heterocycles. The maximum atomic E-state index is 11.8. The zero-order valence-corrected chi connectivity index (χ0v) is 9.43. The Morgan fingerprint density at radius 1 is 1.20 bits per heavy atom. The highest BCUT2D eigenvalue weighted by Crippen LogP contribution is 2.23. The molecule has 3 heteroatoms. The van der Waals surface area contributed by atoms with Gasteiger partial charge in [-0.2, -0.15) is 0 Å². The molecule has 0 aromatic rings. The van der Waals surface area contributed by atoms with Crippen molar-refractivity contribution in [2.75, 3.05) is 19.6 Å². The summed E-state index contributed by atoms with van der Waals surface area (Å²) in [6.45, 7) is 3.15. The third-order valence-electron chi connectivity index (χ3n) is 3.69. The van der Waals surface area contributed by atoms with E-state index in [1.807, 2.05) is 0 Å². The van der Waals surface area contributed by atoms with Crippen molar-refractivity contribution in [3.05, 3.63) is 0 Å². The van der Waals surface area contributed by atoms with Crippen molar-refractivity contribution in [2.24, 2.45) is 11.8 Å². The van der Waals surface area contributed by atoms with Crippen molar-refractivity contribution in [3.63, 3.8) is 0 Å². The lowest BCUT2D eigenvalue weighted by Crippen LogP contribution is -2.44. The van der Waals surface area contributed by atoms with E-state index in [1.165, 1.54) is 19.3 Å². The predicted molar refractivity (Wildman–Crippen MR) is 60.6 cm³/mol. The molecule has 1 saturated carbocycles. The molecule has 1 aliphatic carbocycles. The van der Waals surface area contributed by atoms with Gasteiger partial charge in [-0.1, -0.05) is 19.3 Å². The molecular weight excluding hydrogens is 188 g/mol. The van der Waals surface area contributed by atoms with Gasteiger partial charge in [-0.05, 0) is 38.3 Å². The minimum absolute atomic E-state index is 0.307. The molecular formula is C12H22N2O. The van der Waals surface area contributed by atoms with Crippen molar-refractivity contribution in [2.45, 2.75) is 38.5 Å². The van der Waals surface area contributed by atoms with Crippen molar-refractivity contribution in [1.82, 2.24) is 10.6 Å². The molecule has 2 fully saturated rings. The van der Waals surface area contributed by atoms with E-state index in [0.29, 0.717) is 11.8 Å². The minimum Gasteiger partial charge on any atom is -0.356 e. The number of hydrogen-bond acceptors (Lipinski definition) is 2. The van der Waals surface area contributed by atoms with Gasteiger partial charge in [-0.3, -0.25) is 4.79 Å². The van der Waals surface area contributed by atoms with Gasteiger partial charge in [0.05, 0.1) is 0 Å². The van der Waals surface area contributed by atoms with Gasteiger partial charge in [0.2, 0.25) is 5.91 Å². The lowest BCUT2D eigenvalue weighted by molar-refractivity contribution is -0.125. The topological polar surface area (TPSA) is 41.1 Å². The summed E-state index contributed by atoms with van der Waals surface area (Å²) in [6.07, 6.45) is 7.16. The summed E-state index contributed by atoms with van der Waals surface area (Å²) in [7, 11) is 0. The van der Waals surface area contributed by atoms with Crippen molar-refractivity contribution >= 4 is 5.91 Å². The van der Waals surface area contributed by atoms with Crippen LogP contribution in [0.25, 0.3) is 0 Å². The first-order valence-corrected chi connectivity index (χ1v) is 6.34. The number of rotatable bonds is 4. The molecule has 0 radical (unpaired) electrons. The monoisotopic (exact) mass is 210 g/mol. The summed E-state index contributed by atoms with van der Waals surface area (Å²) in [4.78, 5) is 11.8. The fourth-order valence-electron chi connectivity index (χ4n) is 2.46. The third-order valence-corrected chi connectivity index (χ3v) is 3.69. The first-order valence-electron chi connectivity index (χ1n) is 6.34. The predicted octanol–water partition coefficient (Wildman–Crippen LogP) is 1.29. The van der Waals surface area contributed by atoms with Crippen LogP contribution in [0.2, 0.25) is 0 Å². The molecule has 0 unspecified atom stereocenters. The summed E-state index contributed by atoms with van der Waals surface area (Å²) >= 11 is 0. The Balaban J connectivity index is 1.58. The van der Waals surface area contributed by atoms with Crippen LogP contribution in [0.5, 0.6) is 0 Å². The summed E-state index contributed by atoms with van der Waals surface area (Å²) in [5.41, 5.74) is 0. The van der Waals surface area contributed by atoms with Crippen LogP contribution in [0.4, 0.5) is 0 Å². The van der Waals surface area contributed by atoms with Crippen molar-refractivity contribution < 1.29 is 4.79 Å². The summed E-state index contributed by atoms with van der Waals surface area (Å²) in [6, 6.07) is 0. The molecule has 1 amide bonds. The molecule has 0 atom stereocenters. The molecule has 2 rings (SSSR count). The van der Waals surface area contributed by atoms with Gasteiger partial charge < -0.3 is 10.6 Å². The Kier molecular flexibility index (Phi) is 4.01. The normalized spacial score (nSPS) is 23.5. The standard InChI is InChI=1S/C12H22N2O/c15-12(11-4-2-1-3-5-11)14-7-6-10-8-13-9-10/h10-11,13H,1-9H2,(H,14,15). The average molecular weight is 210 g/mol. The first kappa shape index (κ1) is 10.9. The Bertz CT molecular complexity index is 208. The summed E-state index contributed by atoms with van der Waals surface area (Å²) < 4.78 is 0. The maximum absolute atomic E-state index is 11.8. The number of carbonyl (C=O) groups is 1. The molecule has 1 aliphatic heterocycles. The van der Waals surface area contributed by atoms with Gasteiger partial charge in [-0.15, -0.1) is 0 Å². The van der Waals surface area contributed by atoms with Gasteiger partial charge in [0.25, 0.3) is 0 Å². The fourth-order valence-corrected chi connectivity index (χ4v) is 2.46. The largest absolute Gasteiger partial charge is 0.356 e. The number of nitrogens with one attached hydrogen (secondary N) is 2. The smallest absolute Gasteiger partial charge is 0.223 e. The second kappa shape index (κ2) is 5.50. The Morgan fingerprint density at radius 3 is 2.53 bits per heavy atom. The molecule has 15 heavy (non-hydrogen) atoms. The number of carbonyl (C=O) groups excluding carboxylic acids is 1. The second-order valence-corrected chi connectivity index (χ2v) is 4.94. The van der Waals surface area contributed by atoms with Crippen LogP contribution in [-0.4, -0.2) is 25.5 Å². The van der Waals surface area contributed by atoms with E-state index in [2.05, 4.69) is 10.6 Å². The van der Waals surface area contributed by atoms with Gasteiger partial charge in [0.1, 0.15) is 0 Å². The minimum atomic E-state index is 0.307. The van der Waals surface area contributed by atoms with Crippen LogP contribution in [0.1, 0.15) is 38.5 Å². The van der Waals surface area contributed by atoms with Crippen LogP contribution < -0.4 is 10.6 Å². The van der Waals surface area contributed by atoms with Crippen LogP contribution in [0, 0.1) is 11.8 Å². The zero-order chi connectivity index (χ0) is 10.5. The van der Waals surface area contributed by atoms with E-state index in [-0.39, 0.29) is 0 Å². The van der Waals surface area contributed by atoms with Crippen molar-refractivity contribution in [1.29, 1.82) is 0 Å². The van der Waals surface area contributed by atoms with E-state index >= 15 is 0 Å². The van der Waals surface area contributed by atoms with E-state index < -0.39 is 0 Å². The lowest BCUT2D eigenvalue weighted by Gasteiger charge is -2.27. The van der Waals surface area contributed by atoms with E-state index in [1.54, 1.807) is 0 Å². The fraction of sp³-hybridized carbons (Fsp3) is 0.917. The molecule has 0 bridgehead atoms. The van der Waals surface area contributed by atoms with Crippen LogP contribution in [0.3, 0.4) is 0 Å². The highest BCUT2D eigenvalue weighted by molar-refractivity contribution is 5.78. The molecule has 86 valence electrons. The second-order valence-electron chi connectivity index (χ2n) is 4.94. The molecule has 0 aromatic carbocycles. The molecule has 3 nitrogen and oxygen atoms in total. The van der Waals surface area contributed by atoms with Gasteiger partial charge in [0, 0.05) is 12.5 Å². The average Bonchev–Trinajstić information content (AvgIpc) is 2.23. The highest BCUT2D eigenvalue weighted by atomic mass is 16.1. The first-order chi connectivity index (χ1) is 7.36. The van der Waals surface area contributed by atoms with Crippen LogP contribution >= 0.6 is 0 Å². The van der Waals surface area contributed by atoms with E-state index in [0.717, 1.165) is 44.8 Å². The molecule has 2 N–H and O–H groups in total. The SMILES string of the molecule is O=C(NCCC1CNC1)C1CCCCC1. The Labute approximate surface area is 92.0 Å². The quantitative estimate of drug-likeness (QED) is 0.734. The number of amides is 1. The van der Waals surface area contributed by atoms with Gasteiger partial charge in [0.15, 0.2) is 0 Å². The molecule has 2 aliphatic rings. The highest BCUT2D eigenvalue weighted by Gasteiger charge is 2.21. The van der Waals surface area contributed by atoms with E-state index in [4.69, 9.17) is 0 Å². The molecule has 1 heterocycles. The molecule has 1 saturated heterocycles. The zero-order valence-electron chi connectivity index (χ0n) is 9.43. The maximum Gasteiger partial charge on any atom is 0.223 e. The third kappa shape index (κ3) is 3.20. The Morgan fingerprint density at radius 2 is 1.93 bits per heavy atom. The summed E-state index contributed by atoms with van der Waals surface area (Å²) in [5.74, 6) is 1.43. The molecule has 0 spiro atoms. The van der Waals surface area contributed by atoms with Crippen LogP contribution in [0.15, 0.2) is 0 Å². The Hall–Kier alpha value is -0.570. The number of hydrogen-bond donors (Lipinski definition) is 2.